The Morgan fingerprint density at radius 1 is 0.955 bits per heavy atom. The molecule has 0 aliphatic rings. The third-order valence-electron chi connectivity index (χ3n) is 2.40. The van der Waals surface area contributed by atoms with Gasteiger partial charge in [-0.2, -0.15) is 15.2 Å². The normalized spacial score (nSPS) is 12.1. The molecule has 1 heterocycles. The van der Waals surface area contributed by atoms with Gasteiger partial charge in [-0.25, -0.2) is 4.98 Å². The molecule has 0 unspecified atom stereocenters. The summed E-state index contributed by atoms with van der Waals surface area (Å²) < 4.78 is -3.79. The maximum Gasteiger partial charge on any atom is 0.250 e. The summed E-state index contributed by atoms with van der Waals surface area (Å²) in [5, 5.41) is 8.74. The fourth-order valence-electron chi connectivity index (χ4n) is 1.53. The van der Waals surface area contributed by atoms with Gasteiger partial charge in [-0.1, -0.05) is 76.5 Å². The van der Waals surface area contributed by atoms with Gasteiger partial charge >= 0.3 is 0 Å². The largest absolute Gasteiger partial charge is 0.340 e. The number of halogens is 6. The third kappa shape index (κ3) is 5.92. The highest BCUT2D eigenvalue weighted by Gasteiger charge is 2.34. The quantitative estimate of drug-likeness (QED) is 0.642. The van der Waals surface area contributed by atoms with Gasteiger partial charge in [0.1, 0.15) is 0 Å². The molecule has 0 aliphatic carbocycles. The van der Waals surface area contributed by atoms with E-state index in [9.17, 15) is 0 Å². The molecule has 0 saturated heterocycles. The van der Waals surface area contributed by atoms with Crippen LogP contribution < -0.4 is 4.90 Å². The molecular formula is C11H11Cl6N5. The first kappa shape index (κ1) is 20.1. The number of aromatic nitrogens is 3. The highest BCUT2D eigenvalue weighted by Crippen LogP contribution is 2.40. The first-order valence-electron chi connectivity index (χ1n) is 6.12. The Kier molecular flexibility index (Phi) is 7.51. The van der Waals surface area contributed by atoms with Crippen LogP contribution >= 0.6 is 69.6 Å². The highest BCUT2D eigenvalue weighted by atomic mass is 35.6. The van der Waals surface area contributed by atoms with E-state index in [1.165, 1.54) is 0 Å². The minimum absolute atomic E-state index is 0.151. The number of anilines is 1. The van der Waals surface area contributed by atoms with Crippen molar-refractivity contribution in [2.45, 2.75) is 27.4 Å². The van der Waals surface area contributed by atoms with Crippen LogP contribution in [0.3, 0.4) is 0 Å². The molecule has 0 saturated carbocycles. The first-order valence-corrected chi connectivity index (χ1v) is 8.38. The summed E-state index contributed by atoms with van der Waals surface area (Å²) in [6.45, 7) is 2.95. The first-order chi connectivity index (χ1) is 10.1. The number of hydrogen-bond donors (Lipinski definition) is 0. The van der Waals surface area contributed by atoms with Crippen LogP contribution in [0.15, 0.2) is 0 Å². The van der Waals surface area contributed by atoms with E-state index < -0.39 is 7.59 Å². The Bertz CT molecular complexity index is 515. The Balaban J connectivity index is 3.35. The molecule has 5 nitrogen and oxygen atoms in total. The summed E-state index contributed by atoms with van der Waals surface area (Å²) in [5.74, 6) is -0.112. The summed E-state index contributed by atoms with van der Waals surface area (Å²) in [5.41, 5.74) is 0. The Morgan fingerprint density at radius 2 is 1.45 bits per heavy atom. The summed E-state index contributed by atoms with van der Waals surface area (Å²) >= 11 is 34.9. The number of alkyl halides is 6. The van der Waals surface area contributed by atoms with Crippen molar-refractivity contribution < 1.29 is 0 Å². The summed E-state index contributed by atoms with van der Waals surface area (Å²) in [6, 6.07) is 2.05. The topological polar surface area (TPSA) is 65.7 Å². The molecule has 1 aromatic heterocycles. The van der Waals surface area contributed by atoms with Gasteiger partial charge in [0.25, 0.3) is 0 Å². The molecule has 0 spiro atoms. The fourth-order valence-corrected chi connectivity index (χ4v) is 2.03. The van der Waals surface area contributed by atoms with Crippen LogP contribution in [0.4, 0.5) is 5.95 Å². The fraction of sp³-hybridized carbons (Fsp3) is 0.636. The molecule has 122 valence electrons. The lowest BCUT2D eigenvalue weighted by molar-refractivity contribution is 0.717. The van der Waals surface area contributed by atoms with Crippen LogP contribution in [0.1, 0.15) is 31.4 Å². The molecule has 0 fully saturated rings. The lowest BCUT2D eigenvalue weighted by atomic mass is 10.3. The molecule has 11 heteroatoms. The van der Waals surface area contributed by atoms with E-state index in [0.717, 1.165) is 6.42 Å². The molecule has 0 aromatic carbocycles. The lowest BCUT2D eigenvalue weighted by Crippen LogP contribution is -2.29. The van der Waals surface area contributed by atoms with E-state index in [4.69, 9.17) is 74.9 Å². The molecule has 0 amide bonds. The van der Waals surface area contributed by atoms with Crippen LogP contribution in [0.2, 0.25) is 0 Å². The van der Waals surface area contributed by atoms with Gasteiger partial charge in [0, 0.05) is 13.1 Å². The van der Waals surface area contributed by atoms with Crippen LogP contribution in [-0.4, -0.2) is 28.0 Å². The zero-order valence-corrected chi connectivity index (χ0v) is 15.9. The minimum atomic E-state index is -1.89. The van der Waals surface area contributed by atoms with Crippen LogP contribution in [-0.2, 0) is 7.59 Å². The molecule has 1 rings (SSSR count). The van der Waals surface area contributed by atoms with Crippen molar-refractivity contribution in [3.63, 3.8) is 0 Å². The van der Waals surface area contributed by atoms with Gasteiger partial charge in [0.05, 0.1) is 12.5 Å². The van der Waals surface area contributed by atoms with Crippen LogP contribution in [0, 0.1) is 11.3 Å². The average molecular weight is 426 g/mol. The molecule has 0 N–H and O–H groups in total. The molecule has 22 heavy (non-hydrogen) atoms. The Hall–Kier alpha value is 0.0400. The van der Waals surface area contributed by atoms with Gasteiger partial charge in [-0.3, -0.25) is 0 Å². The monoisotopic (exact) mass is 423 g/mol. The van der Waals surface area contributed by atoms with E-state index in [2.05, 4.69) is 15.0 Å². The Labute approximate surface area is 158 Å². The van der Waals surface area contributed by atoms with E-state index >= 15 is 0 Å². The van der Waals surface area contributed by atoms with E-state index in [1.807, 2.05) is 13.0 Å². The van der Waals surface area contributed by atoms with Crippen molar-refractivity contribution >= 4 is 75.6 Å². The molecule has 0 bridgehead atoms. The van der Waals surface area contributed by atoms with Crippen molar-refractivity contribution in [3.05, 3.63) is 11.6 Å². The summed E-state index contributed by atoms with van der Waals surface area (Å²) in [4.78, 5) is 13.9. The second kappa shape index (κ2) is 8.23. The number of rotatable bonds is 5. The lowest BCUT2D eigenvalue weighted by Gasteiger charge is -2.23. The van der Waals surface area contributed by atoms with E-state index in [0.29, 0.717) is 13.1 Å². The predicted molar refractivity (Wildman–Crippen MR) is 91.0 cm³/mol. The zero-order chi connectivity index (χ0) is 17.0. The predicted octanol–water partition coefficient (Wildman–Crippen LogP) is 4.66. The van der Waals surface area contributed by atoms with Crippen molar-refractivity contribution in [1.29, 1.82) is 5.26 Å². The summed E-state index contributed by atoms with van der Waals surface area (Å²) in [7, 11) is 0. The van der Waals surface area contributed by atoms with Crippen molar-refractivity contribution in [3.8, 4) is 6.07 Å². The number of hydrogen-bond acceptors (Lipinski definition) is 5. The standard InChI is InChI=1S/C11H11Cl6N5/c1-2-5-22(6-3-4-18)9-20-7(10(12,13)14)19-8(21-9)11(15,16)17/h2-3,5-6H2,1H3. The van der Waals surface area contributed by atoms with Crippen LogP contribution in [0.5, 0.6) is 0 Å². The van der Waals surface area contributed by atoms with Gasteiger partial charge in [0.2, 0.25) is 13.5 Å². The maximum atomic E-state index is 8.74. The second-order valence-electron chi connectivity index (χ2n) is 4.17. The highest BCUT2D eigenvalue weighted by molar-refractivity contribution is 6.67. The van der Waals surface area contributed by atoms with E-state index in [1.54, 1.807) is 4.90 Å². The number of nitriles is 1. The third-order valence-corrected chi connectivity index (χ3v) is 3.41. The SMILES string of the molecule is CCCN(CCC#N)c1nc(C(Cl)(Cl)Cl)nc(C(Cl)(Cl)Cl)n1. The molecule has 1 aromatic rings. The van der Waals surface area contributed by atoms with Gasteiger partial charge in [-0.15, -0.1) is 0 Å². The van der Waals surface area contributed by atoms with Crippen molar-refractivity contribution in [2.24, 2.45) is 0 Å². The molecule has 0 atom stereocenters. The van der Waals surface area contributed by atoms with Gasteiger partial charge < -0.3 is 4.90 Å². The summed E-state index contributed by atoms with van der Waals surface area (Å²) in [6.07, 6.45) is 1.07. The maximum absolute atomic E-state index is 8.74. The number of nitrogens with zero attached hydrogens (tertiary/aromatic N) is 5. The van der Waals surface area contributed by atoms with Crippen LogP contribution in [0.25, 0.3) is 0 Å². The minimum Gasteiger partial charge on any atom is -0.340 e. The van der Waals surface area contributed by atoms with E-state index in [-0.39, 0.29) is 24.0 Å². The van der Waals surface area contributed by atoms with Crippen molar-refractivity contribution in [1.82, 2.24) is 15.0 Å². The van der Waals surface area contributed by atoms with Crippen molar-refractivity contribution in [2.75, 3.05) is 18.0 Å². The van der Waals surface area contributed by atoms with Gasteiger partial charge in [-0.05, 0) is 6.42 Å². The smallest absolute Gasteiger partial charge is 0.250 e. The second-order valence-corrected chi connectivity index (χ2v) is 8.74. The molecule has 0 aliphatic heterocycles. The molecule has 0 radical (unpaired) electrons. The van der Waals surface area contributed by atoms with Gasteiger partial charge in [0.15, 0.2) is 11.6 Å². The molecular weight excluding hydrogens is 415 g/mol. The average Bonchev–Trinajstić information content (AvgIpc) is 2.41. The Morgan fingerprint density at radius 3 is 1.82 bits per heavy atom. The zero-order valence-electron chi connectivity index (χ0n) is 11.3.